The van der Waals surface area contributed by atoms with Crippen molar-refractivity contribution in [3.8, 4) is 0 Å². The Bertz CT molecular complexity index is 378. The first-order chi connectivity index (χ1) is 7.41. The van der Waals surface area contributed by atoms with Gasteiger partial charge >= 0.3 is 0 Å². The normalized spacial score (nSPS) is 11.6. The van der Waals surface area contributed by atoms with Gasteiger partial charge in [-0.3, -0.25) is 0 Å². The van der Waals surface area contributed by atoms with Crippen LogP contribution in [0.3, 0.4) is 0 Å². The van der Waals surface area contributed by atoms with Gasteiger partial charge in [0.25, 0.3) is 0 Å². The van der Waals surface area contributed by atoms with Gasteiger partial charge < -0.3 is 21.3 Å². The molecular weight excluding hydrogens is 228 g/mol. The molecule has 0 aliphatic heterocycles. The van der Waals surface area contributed by atoms with Crippen molar-refractivity contribution in [1.82, 2.24) is 0 Å². The minimum absolute atomic E-state index is 0.176. The second kappa shape index (κ2) is 4.91. The van der Waals surface area contributed by atoms with E-state index < -0.39 is 5.54 Å². The summed E-state index contributed by atoms with van der Waals surface area (Å²) in [7, 11) is 0. The fraction of sp³-hybridized carbons (Fsp3) is 0.455. The van der Waals surface area contributed by atoms with Crippen LogP contribution in [0.5, 0.6) is 0 Å². The molecule has 5 heteroatoms. The topological polar surface area (TPSA) is 78.5 Å². The Morgan fingerprint density at radius 2 is 1.94 bits per heavy atom. The minimum atomic E-state index is -0.774. The van der Waals surface area contributed by atoms with Gasteiger partial charge in [-0.1, -0.05) is 11.6 Å². The molecule has 0 unspecified atom stereocenters. The Labute approximate surface area is 100 Å². The molecule has 0 heterocycles. The van der Waals surface area contributed by atoms with Gasteiger partial charge in [0.05, 0.1) is 29.5 Å². The van der Waals surface area contributed by atoms with Crippen LogP contribution in [0.25, 0.3) is 0 Å². The highest BCUT2D eigenvalue weighted by atomic mass is 35.5. The molecule has 0 amide bonds. The number of nitrogen functional groups attached to an aromatic ring is 1. The number of hydrogen-bond donors (Lipinski definition) is 4. The number of rotatable bonds is 4. The predicted octanol–water partition coefficient (Wildman–Crippen LogP) is 1.39. The van der Waals surface area contributed by atoms with Crippen LogP contribution in [0, 0.1) is 6.92 Å². The van der Waals surface area contributed by atoms with E-state index in [2.05, 4.69) is 5.32 Å². The fourth-order valence-corrected chi connectivity index (χ4v) is 1.46. The van der Waals surface area contributed by atoms with Crippen molar-refractivity contribution in [1.29, 1.82) is 0 Å². The van der Waals surface area contributed by atoms with Crippen LogP contribution in [0.2, 0.25) is 5.02 Å². The molecule has 0 saturated heterocycles. The Kier molecular flexibility index (Phi) is 4.02. The summed E-state index contributed by atoms with van der Waals surface area (Å²) in [5.41, 5.74) is 7.07. The molecule has 0 spiro atoms. The van der Waals surface area contributed by atoms with E-state index in [1.54, 1.807) is 19.1 Å². The molecule has 0 aliphatic carbocycles. The number of benzene rings is 1. The summed E-state index contributed by atoms with van der Waals surface area (Å²) in [5, 5.41) is 21.9. The lowest BCUT2D eigenvalue weighted by Gasteiger charge is -2.28. The molecule has 0 saturated carbocycles. The number of aliphatic hydroxyl groups is 2. The van der Waals surface area contributed by atoms with E-state index >= 15 is 0 Å². The summed E-state index contributed by atoms with van der Waals surface area (Å²) in [6.07, 6.45) is 0. The highest BCUT2D eigenvalue weighted by Crippen LogP contribution is 2.28. The van der Waals surface area contributed by atoms with E-state index in [1.165, 1.54) is 0 Å². The number of nitrogens with two attached hydrogens (primary N) is 1. The Morgan fingerprint density at radius 3 is 2.44 bits per heavy atom. The SMILES string of the molecule is Cc1cc(N)c(Cl)cc1NC(C)(CO)CO. The minimum Gasteiger partial charge on any atom is -0.398 e. The molecule has 0 atom stereocenters. The van der Waals surface area contributed by atoms with E-state index in [9.17, 15) is 10.2 Å². The first kappa shape index (κ1) is 13.1. The quantitative estimate of drug-likeness (QED) is 0.604. The lowest BCUT2D eigenvalue weighted by Crippen LogP contribution is -2.42. The number of anilines is 2. The van der Waals surface area contributed by atoms with E-state index in [1.807, 2.05) is 6.92 Å². The number of aryl methyl sites for hydroxylation is 1. The average molecular weight is 245 g/mol. The van der Waals surface area contributed by atoms with Crippen molar-refractivity contribution in [2.75, 3.05) is 24.3 Å². The standard InChI is InChI=1S/C11H17ClN2O2/c1-7-3-9(13)8(12)4-10(7)14-11(2,5-15)6-16/h3-4,14-16H,5-6,13H2,1-2H3. The highest BCUT2D eigenvalue weighted by Gasteiger charge is 2.22. The summed E-state index contributed by atoms with van der Waals surface area (Å²) in [5.74, 6) is 0. The predicted molar refractivity (Wildman–Crippen MR) is 66.8 cm³/mol. The summed E-state index contributed by atoms with van der Waals surface area (Å²) in [4.78, 5) is 0. The molecule has 1 aromatic carbocycles. The second-order valence-electron chi connectivity index (χ2n) is 4.19. The van der Waals surface area contributed by atoms with Crippen LogP contribution in [0.1, 0.15) is 12.5 Å². The zero-order valence-electron chi connectivity index (χ0n) is 9.42. The van der Waals surface area contributed by atoms with Crippen molar-refractivity contribution in [3.05, 3.63) is 22.7 Å². The van der Waals surface area contributed by atoms with E-state index in [-0.39, 0.29) is 13.2 Å². The molecule has 0 fully saturated rings. The molecular formula is C11H17ClN2O2. The zero-order valence-corrected chi connectivity index (χ0v) is 10.2. The van der Waals surface area contributed by atoms with Crippen LogP contribution in [0.15, 0.2) is 12.1 Å². The van der Waals surface area contributed by atoms with E-state index in [0.717, 1.165) is 11.3 Å². The van der Waals surface area contributed by atoms with Crippen LogP contribution in [-0.4, -0.2) is 29.0 Å². The van der Waals surface area contributed by atoms with Crippen LogP contribution >= 0.6 is 11.6 Å². The average Bonchev–Trinajstić information content (AvgIpc) is 2.25. The van der Waals surface area contributed by atoms with Crippen LogP contribution < -0.4 is 11.1 Å². The third-order valence-electron chi connectivity index (χ3n) is 2.48. The Morgan fingerprint density at radius 1 is 1.38 bits per heavy atom. The van der Waals surface area contributed by atoms with Gasteiger partial charge in [0.2, 0.25) is 0 Å². The second-order valence-corrected chi connectivity index (χ2v) is 4.60. The molecule has 0 bridgehead atoms. The first-order valence-electron chi connectivity index (χ1n) is 4.97. The summed E-state index contributed by atoms with van der Waals surface area (Å²) < 4.78 is 0. The van der Waals surface area contributed by atoms with Gasteiger partial charge in [-0.2, -0.15) is 0 Å². The van der Waals surface area contributed by atoms with Crippen molar-refractivity contribution >= 4 is 23.0 Å². The number of aliphatic hydroxyl groups excluding tert-OH is 2. The largest absolute Gasteiger partial charge is 0.398 e. The number of hydrogen-bond acceptors (Lipinski definition) is 4. The molecule has 0 aromatic heterocycles. The molecule has 1 aromatic rings. The lowest BCUT2D eigenvalue weighted by molar-refractivity contribution is 0.147. The van der Waals surface area contributed by atoms with Crippen molar-refractivity contribution in [3.63, 3.8) is 0 Å². The number of halogens is 1. The molecule has 0 aliphatic rings. The Balaban J connectivity index is 3.01. The van der Waals surface area contributed by atoms with E-state index in [0.29, 0.717) is 10.7 Å². The highest BCUT2D eigenvalue weighted by molar-refractivity contribution is 6.33. The molecule has 5 N–H and O–H groups in total. The zero-order chi connectivity index (χ0) is 12.3. The van der Waals surface area contributed by atoms with Gasteiger partial charge in [0.15, 0.2) is 0 Å². The van der Waals surface area contributed by atoms with Gasteiger partial charge in [-0.25, -0.2) is 0 Å². The maximum absolute atomic E-state index is 9.18. The maximum atomic E-state index is 9.18. The van der Waals surface area contributed by atoms with Gasteiger partial charge in [-0.05, 0) is 31.5 Å². The van der Waals surface area contributed by atoms with Gasteiger partial charge in [0, 0.05) is 5.69 Å². The maximum Gasteiger partial charge on any atom is 0.0806 e. The Hall–Kier alpha value is -0.970. The van der Waals surface area contributed by atoms with Gasteiger partial charge in [-0.15, -0.1) is 0 Å². The molecule has 90 valence electrons. The van der Waals surface area contributed by atoms with Crippen LogP contribution in [-0.2, 0) is 0 Å². The lowest BCUT2D eigenvalue weighted by atomic mass is 10.0. The molecule has 16 heavy (non-hydrogen) atoms. The van der Waals surface area contributed by atoms with Gasteiger partial charge in [0.1, 0.15) is 0 Å². The molecule has 4 nitrogen and oxygen atoms in total. The third-order valence-corrected chi connectivity index (χ3v) is 2.81. The first-order valence-corrected chi connectivity index (χ1v) is 5.35. The van der Waals surface area contributed by atoms with E-state index in [4.69, 9.17) is 17.3 Å². The van der Waals surface area contributed by atoms with Crippen molar-refractivity contribution in [2.24, 2.45) is 0 Å². The summed E-state index contributed by atoms with van der Waals surface area (Å²) in [6.45, 7) is 3.25. The van der Waals surface area contributed by atoms with Crippen molar-refractivity contribution in [2.45, 2.75) is 19.4 Å². The number of nitrogens with one attached hydrogen (secondary N) is 1. The van der Waals surface area contributed by atoms with Crippen LogP contribution in [0.4, 0.5) is 11.4 Å². The summed E-state index contributed by atoms with van der Waals surface area (Å²) >= 11 is 5.91. The third kappa shape index (κ3) is 2.78. The smallest absolute Gasteiger partial charge is 0.0806 e. The monoisotopic (exact) mass is 244 g/mol. The molecule has 1 rings (SSSR count). The van der Waals surface area contributed by atoms with Crippen molar-refractivity contribution < 1.29 is 10.2 Å². The fourth-order valence-electron chi connectivity index (χ4n) is 1.29. The summed E-state index contributed by atoms with van der Waals surface area (Å²) in [6, 6.07) is 3.44. The molecule has 0 radical (unpaired) electrons.